The molecular weight excluding hydrogens is 128 g/mol. The predicted molar refractivity (Wildman–Crippen MR) is 37.2 cm³/mol. The van der Waals surface area contributed by atoms with Gasteiger partial charge in [-0.3, -0.25) is 4.79 Å². The van der Waals surface area contributed by atoms with E-state index in [-0.39, 0.29) is 11.7 Å². The Balaban J connectivity index is 2.46. The van der Waals surface area contributed by atoms with Crippen LogP contribution in [0.25, 0.3) is 0 Å². The zero-order chi connectivity index (χ0) is 7.40. The minimum absolute atomic E-state index is 0.179. The summed E-state index contributed by atoms with van der Waals surface area (Å²) in [5, 5.41) is 0. The van der Waals surface area contributed by atoms with Gasteiger partial charge in [-0.05, 0) is 18.8 Å². The highest BCUT2D eigenvalue weighted by Gasteiger charge is 2.16. The number of Topliss-reactive ketones (excluding diaryl/α,β-unsaturated/α-hetero) is 1. The fourth-order valence-corrected chi connectivity index (χ4v) is 1.30. The molecule has 0 saturated heterocycles. The van der Waals surface area contributed by atoms with Crippen molar-refractivity contribution in [1.29, 1.82) is 0 Å². The summed E-state index contributed by atoms with van der Waals surface area (Å²) in [6, 6.07) is 0. The Kier molecular flexibility index (Phi) is 2.41. The van der Waals surface area contributed by atoms with Crippen LogP contribution >= 0.6 is 0 Å². The summed E-state index contributed by atoms with van der Waals surface area (Å²) in [7, 11) is 0. The Morgan fingerprint density at radius 3 is 3.00 bits per heavy atom. The molecule has 1 aliphatic carbocycles. The number of hydrogen-bond donors (Lipinski definition) is 0. The van der Waals surface area contributed by atoms with Crippen molar-refractivity contribution < 1.29 is 9.59 Å². The molecule has 0 N–H and O–H groups in total. The minimum atomic E-state index is 0.179. The maximum Gasteiger partial charge on any atom is 0.133 e. The van der Waals surface area contributed by atoms with E-state index in [0.29, 0.717) is 12.8 Å². The molecular formula is C8H10O2. The molecule has 0 aromatic carbocycles. The Morgan fingerprint density at radius 1 is 1.60 bits per heavy atom. The van der Waals surface area contributed by atoms with Crippen LogP contribution in [0.5, 0.6) is 0 Å². The van der Waals surface area contributed by atoms with Crippen LogP contribution in [0.4, 0.5) is 0 Å². The number of ketones is 1. The van der Waals surface area contributed by atoms with Crippen molar-refractivity contribution in [3.05, 3.63) is 6.08 Å². The van der Waals surface area contributed by atoms with Gasteiger partial charge in [0, 0.05) is 18.9 Å². The zero-order valence-electron chi connectivity index (χ0n) is 5.80. The lowest BCUT2D eigenvalue weighted by molar-refractivity contribution is -0.121. The normalized spacial score (nSPS) is 25.6. The second kappa shape index (κ2) is 3.33. The van der Waals surface area contributed by atoms with Crippen LogP contribution in [0.1, 0.15) is 25.7 Å². The highest BCUT2D eigenvalue weighted by molar-refractivity contribution is 5.79. The van der Waals surface area contributed by atoms with Crippen molar-refractivity contribution in [1.82, 2.24) is 0 Å². The molecule has 0 heterocycles. The third kappa shape index (κ3) is 1.82. The van der Waals surface area contributed by atoms with Crippen molar-refractivity contribution in [3.63, 3.8) is 0 Å². The van der Waals surface area contributed by atoms with Crippen LogP contribution in [0.15, 0.2) is 6.08 Å². The minimum Gasteiger partial charge on any atom is -0.300 e. The standard InChI is InChI=1S/C8H10O2/c9-5-4-7-2-1-3-8(10)6-7/h4,7H,1-3,6H2. The van der Waals surface area contributed by atoms with E-state index in [4.69, 9.17) is 0 Å². The molecule has 0 amide bonds. The SMILES string of the molecule is O=C=CC1CCCC(=O)C1. The molecule has 1 aliphatic rings. The van der Waals surface area contributed by atoms with Crippen LogP contribution in [0.2, 0.25) is 0 Å². The van der Waals surface area contributed by atoms with Crippen LogP contribution in [0.3, 0.4) is 0 Å². The van der Waals surface area contributed by atoms with Gasteiger partial charge in [0.25, 0.3) is 0 Å². The van der Waals surface area contributed by atoms with Crippen molar-refractivity contribution in [3.8, 4) is 0 Å². The number of rotatable bonds is 1. The van der Waals surface area contributed by atoms with E-state index < -0.39 is 0 Å². The fraction of sp³-hybridized carbons (Fsp3) is 0.625. The van der Waals surface area contributed by atoms with Gasteiger partial charge in [0.15, 0.2) is 0 Å². The molecule has 0 aliphatic heterocycles. The number of carbonyl (C=O) groups excluding carboxylic acids is 2. The fourth-order valence-electron chi connectivity index (χ4n) is 1.30. The average Bonchev–Trinajstić information content (AvgIpc) is 1.88. The Morgan fingerprint density at radius 2 is 2.40 bits per heavy atom. The number of hydrogen-bond acceptors (Lipinski definition) is 2. The maximum absolute atomic E-state index is 10.8. The van der Waals surface area contributed by atoms with E-state index >= 15 is 0 Å². The first-order chi connectivity index (χ1) is 4.83. The van der Waals surface area contributed by atoms with E-state index in [9.17, 15) is 9.59 Å². The lowest BCUT2D eigenvalue weighted by atomic mass is 9.89. The molecule has 1 unspecified atom stereocenters. The van der Waals surface area contributed by atoms with E-state index in [1.54, 1.807) is 5.94 Å². The molecule has 1 fully saturated rings. The van der Waals surface area contributed by atoms with Crippen molar-refractivity contribution in [2.45, 2.75) is 25.7 Å². The van der Waals surface area contributed by atoms with Crippen molar-refractivity contribution in [2.75, 3.05) is 0 Å². The maximum atomic E-state index is 10.8. The first kappa shape index (κ1) is 7.23. The summed E-state index contributed by atoms with van der Waals surface area (Å²) in [6.45, 7) is 0. The molecule has 0 bridgehead atoms. The smallest absolute Gasteiger partial charge is 0.133 e. The van der Waals surface area contributed by atoms with Crippen LogP contribution in [-0.4, -0.2) is 11.7 Å². The molecule has 10 heavy (non-hydrogen) atoms. The van der Waals surface area contributed by atoms with Gasteiger partial charge in [-0.15, -0.1) is 0 Å². The third-order valence-corrected chi connectivity index (χ3v) is 1.82. The lowest BCUT2D eigenvalue weighted by Crippen LogP contribution is -2.12. The first-order valence-corrected chi connectivity index (χ1v) is 3.55. The van der Waals surface area contributed by atoms with Gasteiger partial charge >= 0.3 is 0 Å². The van der Waals surface area contributed by atoms with Crippen molar-refractivity contribution >= 4 is 11.7 Å². The summed E-state index contributed by atoms with van der Waals surface area (Å²) < 4.78 is 0. The summed E-state index contributed by atoms with van der Waals surface area (Å²) in [6.07, 6.45) is 4.62. The summed E-state index contributed by atoms with van der Waals surface area (Å²) in [4.78, 5) is 20.7. The van der Waals surface area contributed by atoms with E-state index in [2.05, 4.69) is 0 Å². The highest BCUT2D eigenvalue weighted by atomic mass is 16.1. The van der Waals surface area contributed by atoms with E-state index in [1.165, 1.54) is 6.08 Å². The van der Waals surface area contributed by atoms with E-state index in [0.717, 1.165) is 12.8 Å². The molecule has 0 spiro atoms. The largest absolute Gasteiger partial charge is 0.300 e. The third-order valence-electron chi connectivity index (χ3n) is 1.82. The van der Waals surface area contributed by atoms with Crippen molar-refractivity contribution in [2.24, 2.45) is 5.92 Å². The molecule has 0 radical (unpaired) electrons. The summed E-state index contributed by atoms with van der Waals surface area (Å²) in [5.74, 6) is 2.19. The van der Waals surface area contributed by atoms with Gasteiger partial charge < -0.3 is 0 Å². The topological polar surface area (TPSA) is 34.1 Å². The summed E-state index contributed by atoms with van der Waals surface area (Å²) >= 11 is 0. The lowest BCUT2D eigenvalue weighted by Gasteiger charge is -2.14. The van der Waals surface area contributed by atoms with Gasteiger partial charge in [-0.1, -0.05) is 0 Å². The molecule has 1 atom stereocenters. The highest BCUT2D eigenvalue weighted by Crippen LogP contribution is 2.21. The van der Waals surface area contributed by atoms with Crippen LogP contribution in [0, 0.1) is 5.92 Å². The van der Waals surface area contributed by atoms with Gasteiger partial charge in [0.1, 0.15) is 11.7 Å². The molecule has 1 rings (SSSR count). The number of allylic oxidation sites excluding steroid dienone is 1. The quantitative estimate of drug-likeness (QED) is 0.509. The molecule has 0 aromatic rings. The van der Waals surface area contributed by atoms with Crippen LogP contribution < -0.4 is 0 Å². The van der Waals surface area contributed by atoms with Gasteiger partial charge in [0.2, 0.25) is 0 Å². The molecule has 0 aromatic heterocycles. The second-order valence-electron chi connectivity index (χ2n) is 2.68. The van der Waals surface area contributed by atoms with Gasteiger partial charge in [0.05, 0.1) is 0 Å². The molecule has 2 heteroatoms. The van der Waals surface area contributed by atoms with Crippen LogP contribution in [-0.2, 0) is 9.59 Å². The molecule has 2 nitrogen and oxygen atoms in total. The Bertz CT molecular complexity index is 178. The summed E-state index contributed by atoms with van der Waals surface area (Å²) in [5.41, 5.74) is 0. The molecule has 1 saturated carbocycles. The average molecular weight is 138 g/mol. The van der Waals surface area contributed by atoms with E-state index in [1.807, 2.05) is 0 Å². The number of carbonyl (C=O) groups is 1. The second-order valence-corrected chi connectivity index (χ2v) is 2.68. The Hall–Kier alpha value is -0.880. The van der Waals surface area contributed by atoms with Gasteiger partial charge in [-0.25, -0.2) is 4.79 Å². The first-order valence-electron chi connectivity index (χ1n) is 3.55. The zero-order valence-corrected chi connectivity index (χ0v) is 5.80. The molecule has 54 valence electrons. The predicted octanol–water partition coefficient (Wildman–Crippen LogP) is 1.13. The Labute approximate surface area is 59.9 Å². The monoisotopic (exact) mass is 138 g/mol. The van der Waals surface area contributed by atoms with Gasteiger partial charge in [-0.2, -0.15) is 0 Å².